The molecule has 6 nitrogen and oxygen atoms in total. The van der Waals surface area contributed by atoms with E-state index < -0.39 is 12.1 Å². The van der Waals surface area contributed by atoms with Gasteiger partial charge >= 0.3 is 5.97 Å². The van der Waals surface area contributed by atoms with Crippen LogP contribution < -0.4 is 5.32 Å². The molecule has 0 bridgehead atoms. The minimum absolute atomic E-state index is 0.0123. The fraction of sp³-hybridized carbons (Fsp3) is 0.897. The summed E-state index contributed by atoms with van der Waals surface area (Å²) in [6, 6.07) is -0.636. The van der Waals surface area contributed by atoms with Gasteiger partial charge in [0.05, 0.1) is 25.4 Å². The number of unbranched alkanes of at least 4 members (excludes halogenated alkanes) is 40. The van der Waals surface area contributed by atoms with Crippen LogP contribution in [0.2, 0.25) is 0 Å². The average Bonchev–Trinajstić information content (AvgIpc) is 3.29. The van der Waals surface area contributed by atoms with Crippen molar-refractivity contribution >= 4 is 11.9 Å². The molecule has 0 saturated carbocycles. The highest BCUT2D eigenvalue weighted by Crippen LogP contribution is 2.17. The third-order valence-corrected chi connectivity index (χ3v) is 13.2. The first kappa shape index (κ1) is 62.3. The minimum Gasteiger partial charge on any atom is -0.466 e. The van der Waals surface area contributed by atoms with Crippen molar-refractivity contribution in [3.8, 4) is 0 Å². The van der Waals surface area contributed by atoms with Gasteiger partial charge in [0.15, 0.2) is 0 Å². The molecule has 0 aromatic rings. The first-order chi connectivity index (χ1) is 31.5. The molecule has 0 aliphatic carbocycles. The van der Waals surface area contributed by atoms with Crippen LogP contribution in [-0.2, 0) is 14.3 Å². The maximum Gasteiger partial charge on any atom is 0.305 e. The summed E-state index contributed by atoms with van der Waals surface area (Å²) >= 11 is 0. The van der Waals surface area contributed by atoms with Crippen LogP contribution in [0.15, 0.2) is 24.3 Å². The van der Waals surface area contributed by atoms with E-state index in [2.05, 4.69) is 31.3 Å². The molecular formula is C58H111NO5. The van der Waals surface area contributed by atoms with Crippen LogP contribution in [0, 0.1) is 0 Å². The van der Waals surface area contributed by atoms with Crippen molar-refractivity contribution in [2.24, 2.45) is 0 Å². The molecule has 1 amide bonds. The van der Waals surface area contributed by atoms with Crippen LogP contribution in [0.5, 0.6) is 0 Å². The van der Waals surface area contributed by atoms with Crippen LogP contribution in [0.4, 0.5) is 0 Å². The number of ether oxygens (including phenoxy) is 1. The zero-order valence-corrected chi connectivity index (χ0v) is 43.0. The first-order valence-corrected chi connectivity index (χ1v) is 28.6. The van der Waals surface area contributed by atoms with Gasteiger partial charge in [-0.3, -0.25) is 9.59 Å². The van der Waals surface area contributed by atoms with Crippen LogP contribution in [0.1, 0.15) is 309 Å². The summed E-state index contributed by atoms with van der Waals surface area (Å²) in [7, 11) is 0. The largest absolute Gasteiger partial charge is 0.466 e. The second-order valence-electron chi connectivity index (χ2n) is 19.6. The molecule has 0 fully saturated rings. The summed E-state index contributed by atoms with van der Waals surface area (Å²) in [6.07, 6.45) is 64.7. The first-order valence-electron chi connectivity index (χ1n) is 28.6. The fourth-order valence-corrected chi connectivity index (χ4v) is 8.81. The van der Waals surface area contributed by atoms with Gasteiger partial charge in [0, 0.05) is 12.8 Å². The van der Waals surface area contributed by atoms with E-state index in [1.54, 1.807) is 6.08 Å². The van der Waals surface area contributed by atoms with Crippen molar-refractivity contribution in [3.63, 3.8) is 0 Å². The lowest BCUT2D eigenvalue weighted by molar-refractivity contribution is -0.143. The Hall–Kier alpha value is -1.66. The molecule has 3 N–H and O–H groups in total. The zero-order chi connectivity index (χ0) is 46.5. The van der Waals surface area contributed by atoms with E-state index in [0.717, 1.165) is 57.8 Å². The predicted octanol–water partition coefficient (Wildman–Crippen LogP) is 17.5. The molecule has 378 valence electrons. The number of carbonyl (C=O) groups is 2. The van der Waals surface area contributed by atoms with Gasteiger partial charge in [-0.15, -0.1) is 0 Å². The van der Waals surface area contributed by atoms with Crippen LogP contribution in [-0.4, -0.2) is 47.4 Å². The summed E-state index contributed by atoms with van der Waals surface area (Å²) in [6.45, 7) is 4.88. The Morgan fingerprint density at radius 2 is 0.734 bits per heavy atom. The van der Waals surface area contributed by atoms with Gasteiger partial charge in [-0.1, -0.05) is 263 Å². The Morgan fingerprint density at radius 3 is 1.12 bits per heavy atom. The Labute approximate surface area is 399 Å². The van der Waals surface area contributed by atoms with E-state index in [9.17, 15) is 19.8 Å². The van der Waals surface area contributed by atoms with Crippen LogP contribution in [0.3, 0.4) is 0 Å². The highest BCUT2D eigenvalue weighted by atomic mass is 16.5. The molecule has 0 aliphatic rings. The van der Waals surface area contributed by atoms with Gasteiger partial charge in [-0.2, -0.15) is 0 Å². The number of allylic oxidation sites excluding steroid dienone is 3. The van der Waals surface area contributed by atoms with Crippen molar-refractivity contribution in [1.82, 2.24) is 5.32 Å². The molecule has 0 spiro atoms. The molecular weight excluding hydrogens is 791 g/mol. The van der Waals surface area contributed by atoms with Gasteiger partial charge in [0.1, 0.15) is 0 Å². The zero-order valence-electron chi connectivity index (χ0n) is 43.0. The Bertz CT molecular complexity index is 997. The molecule has 2 atom stereocenters. The topological polar surface area (TPSA) is 95.9 Å². The number of hydrogen-bond acceptors (Lipinski definition) is 5. The molecule has 2 unspecified atom stereocenters. The van der Waals surface area contributed by atoms with E-state index in [-0.39, 0.29) is 18.5 Å². The van der Waals surface area contributed by atoms with E-state index in [1.807, 2.05) is 6.08 Å². The second kappa shape index (κ2) is 54.0. The summed E-state index contributed by atoms with van der Waals surface area (Å²) in [4.78, 5) is 24.5. The van der Waals surface area contributed by atoms with Crippen molar-refractivity contribution < 1.29 is 24.5 Å². The quantitative estimate of drug-likeness (QED) is 0.0321. The Balaban J connectivity index is 3.48. The summed E-state index contributed by atoms with van der Waals surface area (Å²) in [5.74, 6) is -0.0888. The number of nitrogens with one attached hydrogen (secondary N) is 1. The van der Waals surface area contributed by atoms with E-state index in [0.29, 0.717) is 19.4 Å². The van der Waals surface area contributed by atoms with Crippen LogP contribution >= 0.6 is 0 Å². The van der Waals surface area contributed by atoms with Gasteiger partial charge in [0.2, 0.25) is 5.91 Å². The Kier molecular flexibility index (Phi) is 52.6. The maximum atomic E-state index is 12.5. The number of amides is 1. The van der Waals surface area contributed by atoms with Crippen LogP contribution in [0.25, 0.3) is 0 Å². The van der Waals surface area contributed by atoms with Gasteiger partial charge < -0.3 is 20.3 Å². The molecule has 0 radical (unpaired) electrons. The molecule has 64 heavy (non-hydrogen) atoms. The van der Waals surface area contributed by atoms with Crippen molar-refractivity contribution in [2.45, 2.75) is 321 Å². The summed E-state index contributed by atoms with van der Waals surface area (Å²) in [5.41, 5.74) is 0. The van der Waals surface area contributed by atoms with Gasteiger partial charge in [-0.05, 0) is 57.8 Å². The van der Waals surface area contributed by atoms with E-state index in [1.165, 1.54) is 225 Å². The number of carbonyl (C=O) groups excluding carboxylic acids is 2. The standard InChI is InChI=1S/C58H111NO5/c1-3-5-7-9-11-13-15-17-18-19-20-21-22-23-27-30-34-38-42-46-50-56(61)55(54-60)59-57(62)51-47-43-39-35-31-28-24-25-29-33-37-41-45-49-53-64-58(63)52-48-44-40-36-32-26-16-14-12-10-8-6-4-2/h14,16,46,50,55-56,60-61H,3-13,15,17-45,47-49,51-54H2,1-2H3,(H,59,62)/b16-14-,50-46+. The monoisotopic (exact) mass is 902 g/mol. The number of aliphatic hydroxyl groups is 2. The number of hydrogen-bond donors (Lipinski definition) is 3. The smallest absolute Gasteiger partial charge is 0.305 e. The second-order valence-corrected chi connectivity index (χ2v) is 19.6. The summed E-state index contributed by atoms with van der Waals surface area (Å²) in [5, 5.41) is 23.2. The molecule has 0 aromatic carbocycles. The van der Waals surface area contributed by atoms with Crippen molar-refractivity contribution in [3.05, 3.63) is 24.3 Å². The SMILES string of the molecule is CCCCCC/C=C\CCCCCCCC(=O)OCCCCCCCCCCCCCCCCC(=O)NC(CO)C(O)/C=C/CCCCCCCCCCCCCCCCCCCC. The number of rotatable bonds is 53. The van der Waals surface area contributed by atoms with E-state index in [4.69, 9.17) is 4.74 Å². The highest BCUT2D eigenvalue weighted by molar-refractivity contribution is 5.76. The molecule has 0 saturated heterocycles. The lowest BCUT2D eigenvalue weighted by atomic mass is 10.0. The molecule has 6 heteroatoms. The molecule has 0 aromatic heterocycles. The third kappa shape index (κ3) is 49.8. The third-order valence-electron chi connectivity index (χ3n) is 13.2. The van der Waals surface area contributed by atoms with Crippen molar-refractivity contribution in [2.75, 3.05) is 13.2 Å². The summed E-state index contributed by atoms with van der Waals surface area (Å²) < 4.78 is 5.46. The Morgan fingerprint density at radius 1 is 0.422 bits per heavy atom. The fourth-order valence-electron chi connectivity index (χ4n) is 8.81. The van der Waals surface area contributed by atoms with Gasteiger partial charge in [0.25, 0.3) is 0 Å². The molecule has 0 aliphatic heterocycles. The van der Waals surface area contributed by atoms with Gasteiger partial charge in [-0.25, -0.2) is 0 Å². The normalized spacial score (nSPS) is 12.8. The number of esters is 1. The lowest BCUT2D eigenvalue weighted by Crippen LogP contribution is -2.45. The predicted molar refractivity (Wildman–Crippen MR) is 278 cm³/mol. The highest BCUT2D eigenvalue weighted by Gasteiger charge is 2.18. The van der Waals surface area contributed by atoms with E-state index >= 15 is 0 Å². The average molecular weight is 903 g/mol. The van der Waals surface area contributed by atoms with Crippen molar-refractivity contribution in [1.29, 1.82) is 0 Å². The maximum absolute atomic E-state index is 12.5. The lowest BCUT2D eigenvalue weighted by Gasteiger charge is -2.20. The minimum atomic E-state index is -0.852. The molecule has 0 rings (SSSR count). The molecule has 0 heterocycles. The number of aliphatic hydroxyl groups excluding tert-OH is 2.